The van der Waals surface area contributed by atoms with Gasteiger partial charge in [0.1, 0.15) is 0 Å². The van der Waals surface area contributed by atoms with E-state index in [1.807, 2.05) is 14.1 Å². The zero-order chi connectivity index (χ0) is 18.0. The fourth-order valence-corrected chi connectivity index (χ4v) is 0.361. The van der Waals surface area contributed by atoms with E-state index in [0.717, 1.165) is 0 Å². The maximum atomic E-state index is 10.9. The number of esters is 1. The smallest absolute Gasteiger partial charge is 0.394 e. The second kappa shape index (κ2) is 10.6. The maximum absolute atomic E-state index is 10.9. The molecule has 11 nitrogen and oxygen atoms in total. The number of hydrogen-bond donors (Lipinski definition) is 4. The van der Waals surface area contributed by atoms with Gasteiger partial charge in [-0.25, -0.2) is 4.79 Å². The predicted octanol–water partition coefficient (Wildman–Crippen LogP) is -0.292. The van der Waals surface area contributed by atoms with Gasteiger partial charge in [-0.2, -0.15) is 16.8 Å². The minimum atomic E-state index is -4.67. The molecule has 1 unspecified atom stereocenters. The Morgan fingerprint density at radius 1 is 1.05 bits per heavy atom. The van der Waals surface area contributed by atoms with Crippen LogP contribution in [0.5, 0.6) is 0 Å². The first-order valence-electron chi connectivity index (χ1n) is 4.87. The summed E-state index contributed by atoms with van der Waals surface area (Å²) in [5.41, 5.74) is 0.429. The van der Waals surface area contributed by atoms with Gasteiger partial charge in [0.25, 0.3) is 0 Å². The van der Waals surface area contributed by atoms with Crippen LogP contribution in [-0.2, 0) is 30.3 Å². The van der Waals surface area contributed by atoms with E-state index in [4.69, 9.17) is 39.8 Å². The highest BCUT2D eigenvalue weighted by atomic mass is 32.3. The van der Waals surface area contributed by atoms with Gasteiger partial charge in [-0.05, 0) is 27.9 Å². The Morgan fingerprint density at radius 3 is 1.43 bits per heavy atom. The van der Waals surface area contributed by atoms with Gasteiger partial charge in [-0.1, -0.05) is 6.58 Å². The molecule has 0 radical (unpaired) electrons. The molecular formula is C8H19NO10S2. The van der Waals surface area contributed by atoms with Crippen molar-refractivity contribution in [2.75, 3.05) is 14.1 Å². The van der Waals surface area contributed by atoms with Crippen LogP contribution in [0, 0.1) is 0 Å². The molecule has 4 N–H and O–H groups in total. The van der Waals surface area contributed by atoms with Gasteiger partial charge in [-0.3, -0.25) is 23.1 Å². The summed E-state index contributed by atoms with van der Waals surface area (Å²) in [5, 5.41) is 0. The van der Waals surface area contributed by atoms with E-state index in [-0.39, 0.29) is 12.2 Å². The average Bonchev–Trinajstić information content (AvgIpc) is 2.11. The van der Waals surface area contributed by atoms with E-state index in [1.165, 1.54) is 0 Å². The quantitative estimate of drug-likeness (QED) is 0.226. The van der Waals surface area contributed by atoms with E-state index >= 15 is 0 Å². The summed E-state index contributed by atoms with van der Waals surface area (Å²) in [6.07, 6.45) is -0.195. The van der Waals surface area contributed by atoms with Crippen LogP contribution in [0.1, 0.15) is 13.8 Å². The lowest BCUT2D eigenvalue weighted by molar-refractivity contribution is -0.150. The minimum Gasteiger partial charge on any atom is -0.443 e. The Hall–Kier alpha value is -1.09. The highest BCUT2D eigenvalue weighted by Crippen LogP contribution is 1.99. The van der Waals surface area contributed by atoms with Crippen molar-refractivity contribution in [2.24, 2.45) is 0 Å². The minimum absolute atomic E-state index is 0.195. The van der Waals surface area contributed by atoms with Crippen molar-refractivity contribution >= 4 is 26.8 Å². The van der Waals surface area contributed by atoms with Crippen molar-refractivity contribution in [3.8, 4) is 0 Å². The molecule has 0 aliphatic rings. The van der Waals surface area contributed by atoms with Crippen LogP contribution in [0.25, 0.3) is 0 Å². The normalized spacial score (nSPS) is 12.2. The first-order valence-corrected chi connectivity index (χ1v) is 7.67. The standard InChI is InChI=1S/C8H15NO2.2H2O4S/c1-6(2)8(10)11-7(3)9(4)5;2*1-5(2,3)4/h7H,1H2,2-5H3;2*(H2,1,2,3,4). The Morgan fingerprint density at radius 2 is 1.29 bits per heavy atom. The van der Waals surface area contributed by atoms with E-state index in [9.17, 15) is 4.79 Å². The number of carbonyl (C=O) groups is 1. The highest BCUT2D eigenvalue weighted by molar-refractivity contribution is 7.80. The summed E-state index contributed by atoms with van der Waals surface area (Å²) in [7, 11) is -5.65. The van der Waals surface area contributed by atoms with Gasteiger partial charge < -0.3 is 4.74 Å². The van der Waals surface area contributed by atoms with Gasteiger partial charge in [0.05, 0.1) is 0 Å². The van der Waals surface area contributed by atoms with Gasteiger partial charge in [-0.15, -0.1) is 0 Å². The maximum Gasteiger partial charge on any atom is 0.394 e. The van der Waals surface area contributed by atoms with Crippen molar-refractivity contribution in [1.82, 2.24) is 4.90 Å². The number of rotatable bonds is 3. The van der Waals surface area contributed by atoms with Crippen LogP contribution in [-0.4, -0.2) is 66.2 Å². The number of nitrogens with zero attached hydrogens (tertiary/aromatic N) is 1. The lowest BCUT2D eigenvalue weighted by Crippen LogP contribution is -2.30. The van der Waals surface area contributed by atoms with Crippen LogP contribution in [0.15, 0.2) is 12.2 Å². The number of ether oxygens (including phenoxy) is 1. The molecule has 0 saturated carbocycles. The summed E-state index contributed by atoms with van der Waals surface area (Å²) in [5.74, 6) is -0.341. The molecule has 0 aromatic heterocycles. The van der Waals surface area contributed by atoms with E-state index in [1.54, 1.807) is 18.7 Å². The molecule has 13 heteroatoms. The topological polar surface area (TPSA) is 179 Å². The third-order valence-corrected chi connectivity index (χ3v) is 1.35. The molecule has 0 fully saturated rings. The monoisotopic (exact) mass is 353 g/mol. The zero-order valence-electron chi connectivity index (χ0n) is 11.8. The third kappa shape index (κ3) is 45.4. The summed E-state index contributed by atoms with van der Waals surface area (Å²) >= 11 is 0. The molecule has 128 valence electrons. The van der Waals surface area contributed by atoms with Gasteiger partial charge >= 0.3 is 26.8 Å². The van der Waals surface area contributed by atoms with Crippen molar-refractivity contribution in [2.45, 2.75) is 20.1 Å². The molecule has 0 aliphatic carbocycles. The van der Waals surface area contributed by atoms with E-state index in [0.29, 0.717) is 5.57 Å². The molecule has 0 aromatic rings. The summed E-state index contributed by atoms with van der Waals surface area (Å²) in [6.45, 7) is 6.91. The van der Waals surface area contributed by atoms with E-state index in [2.05, 4.69) is 6.58 Å². The van der Waals surface area contributed by atoms with Crippen molar-refractivity contribution in [3.63, 3.8) is 0 Å². The van der Waals surface area contributed by atoms with Crippen LogP contribution in [0.2, 0.25) is 0 Å². The van der Waals surface area contributed by atoms with E-state index < -0.39 is 20.8 Å². The van der Waals surface area contributed by atoms with Crippen LogP contribution < -0.4 is 0 Å². The Bertz CT molecular complexity index is 475. The van der Waals surface area contributed by atoms with Crippen LogP contribution in [0.3, 0.4) is 0 Å². The summed E-state index contributed by atoms with van der Waals surface area (Å²) < 4.78 is 68.1. The third-order valence-electron chi connectivity index (χ3n) is 1.35. The first-order chi connectivity index (χ1) is 8.95. The zero-order valence-corrected chi connectivity index (χ0v) is 13.4. The van der Waals surface area contributed by atoms with Crippen molar-refractivity contribution in [1.29, 1.82) is 0 Å². The van der Waals surface area contributed by atoms with Gasteiger partial charge in [0.15, 0.2) is 6.23 Å². The Balaban J connectivity index is -0.000000270. The molecular weight excluding hydrogens is 334 g/mol. The largest absolute Gasteiger partial charge is 0.443 e. The summed E-state index contributed by atoms with van der Waals surface area (Å²) in [6, 6.07) is 0. The highest BCUT2D eigenvalue weighted by Gasteiger charge is 2.10. The molecule has 0 rings (SSSR count). The van der Waals surface area contributed by atoms with Gasteiger partial charge in [0.2, 0.25) is 0 Å². The molecule has 0 aliphatic heterocycles. The molecule has 0 spiro atoms. The second-order valence-corrected chi connectivity index (χ2v) is 5.44. The molecule has 0 heterocycles. The second-order valence-electron chi connectivity index (χ2n) is 3.64. The van der Waals surface area contributed by atoms with Crippen molar-refractivity contribution in [3.05, 3.63) is 12.2 Å². The fraction of sp³-hybridized carbons (Fsp3) is 0.625. The van der Waals surface area contributed by atoms with Crippen LogP contribution >= 0.6 is 0 Å². The molecule has 21 heavy (non-hydrogen) atoms. The molecule has 0 saturated heterocycles. The Kier molecular flexibility index (Phi) is 12.6. The van der Waals surface area contributed by atoms with Gasteiger partial charge in [0, 0.05) is 5.57 Å². The predicted molar refractivity (Wildman–Crippen MR) is 72.4 cm³/mol. The SMILES string of the molecule is C=C(C)C(=O)OC(C)N(C)C.O=S(=O)(O)O.O=S(=O)(O)O. The molecule has 0 bridgehead atoms. The lowest BCUT2D eigenvalue weighted by atomic mass is 10.4. The fourth-order valence-electron chi connectivity index (χ4n) is 0.361. The summed E-state index contributed by atoms with van der Waals surface area (Å²) in [4.78, 5) is 12.7. The number of hydrogen-bond acceptors (Lipinski definition) is 7. The van der Waals surface area contributed by atoms with Crippen molar-refractivity contribution < 1.29 is 44.6 Å². The lowest BCUT2D eigenvalue weighted by Gasteiger charge is -2.19. The molecule has 0 amide bonds. The molecule has 1 atom stereocenters. The first kappa shape index (κ1) is 24.9. The number of carbonyl (C=O) groups excluding carboxylic acids is 1. The molecule has 0 aromatic carbocycles. The Labute approximate surface area is 123 Å². The average molecular weight is 353 g/mol. The van der Waals surface area contributed by atoms with Crippen LogP contribution in [0.4, 0.5) is 0 Å².